The largest absolute Gasteiger partial charge is 0.378 e. The molecule has 1 aliphatic heterocycles. The standard InChI is InChI=1S/C11H17N5O2/c17-10(15-11-13-6-7-14-16-11)3-8-18-9-1-4-12-5-2-9/h6-7,9,12H,1-5,8H2,(H,13,15,16,17). The van der Waals surface area contributed by atoms with E-state index in [1.54, 1.807) is 0 Å². The normalized spacial score (nSPS) is 16.4. The smallest absolute Gasteiger partial charge is 0.249 e. The number of amides is 1. The van der Waals surface area contributed by atoms with Crippen LogP contribution in [0.1, 0.15) is 19.3 Å². The van der Waals surface area contributed by atoms with Gasteiger partial charge in [-0.2, -0.15) is 5.10 Å². The maximum absolute atomic E-state index is 11.5. The molecule has 2 N–H and O–H groups in total. The Bertz CT molecular complexity index is 367. The van der Waals surface area contributed by atoms with Gasteiger partial charge in [-0.05, 0) is 25.9 Å². The van der Waals surface area contributed by atoms with E-state index in [0.29, 0.717) is 13.0 Å². The topological polar surface area (TPSA) is 89.0 Å². The maximum atomic E-state index is 11.5. The van der Waals surface area contributed by atoms with Crippen LogP contribution in [-0.2, 0) is 9.53 Å². The molecule has 7 heteroatoms. The zero-order valence-corrected chi connectivity index (χ0v) is 10.1. The second-order valence-electron chi connectivity index (χ2n) is 4.08. The van der Waals surface area contributed by atoms with Crippen molar-refractivity contribution in [3.63, 3.8) is 0 Å². The molecule has 0 aromatic carbocycles. The number of nitrogens with one attached hydrogen (secondary N) is 2. The summed E-state index contributed by atoms with van der Waals surface area (Å²) in [7, 11) is 0. The summed E-state index contributed by atoms with van der Waals surface area (Å²) < 4.78 is 5.63. The van der Waals surface area contributed by atoms with E-state index in [-0.39, 0.29) is 18.0 Å². The maximum Gasteiger partial charge on any atom is 0.249 e. The molecule has 1 fully saturated rings. The summed E-state index contributed by atoms with van der Waals surface area (Å²) in [6.45, 7) is 2.40. The van der Waals surface area contributed by atoms with E-state index >= 15 is 0 Å². The number of anilines is 1. The molecule has 2 heterocycles. The van der Waals surface area contributed by atoms with Gasteiger partial charge in [0, 0.05) is 0 Å². The Morgan fingerprint density at radius 2 is 2.28 bits per heavy atom. The Morgan fingerprint density at radius 3 is 3.00 bits per heavy atom. The molecule has 1 aromatic rings. The Balaban J connectivity index is 1.62. The number of aromatic nitrogens is 3. The molecule has 1 aliphatic rings. The molecule has 1 aromatic heterocycles. The molecular formula is C11H17N5O2. The fourth-order valence-electron chi connectivity index (χ4n) is 1.77. The summed E-state index contributed by atoms with van der Waals surface area (Å²) in [5.41, 5.74) is 0. The fourth-order valence-corrected chi connectivity index (χ4v) is 1.77. The molecule has 0 unspecified atom stereocenters. The van der Waals surface area contributed by atoms with Gasteiger partial charge in [0.2, 0.25) is 11.9 Å². The van der Waals surface area contributed by atoms with E-state index in [1.807, 2.05) is 0 Å². The number of carbonyl (C=O) groups excluding carboxylic acids is 1. The lowest BCUT2D eigenvalue weighted by Gasteiger charge is -2.22. The third-order valence-corrected chi connectivity index (χ3v) is 2.70. The molecular weight excluding hydrogens is 234 g/mol. The van der Waals surface area contributed by atoms with Crippen LogP contribution in [0.3, 0.4) is 0 Å². The number of carbonyl (C=O) groups is 1. The van der Waals surface area contributed by atoms with E-state index in [0.717, 1.165) is 25.9 Å². The minimum Gasteiger partial charge on any atom is -0.378 e. The molecule has 0 radical (unpaired) electrons. The number of rotatable bonds is 5. The molecule has 7 nitrogen and oxygen atoms in total. The quantitative estimate of drug-likeness (QED) is 0.764. The highest BCUT2D eigenvalue weighted by Gasteiger charge is 2.13. The van der Waals surface area contributed by atoms with Gasteiger partial charge < -0.3 is 10.1 Å². The van der Waals surface area contributed by atoms with Crippen molar-refractivity contribution < 1.29 is 9.53 Å². The molecule has 0 spiro atoms. The Kier molecular flexibility index (Phi) is 4.98. The van der Waals surface area contributed by atoms with Gasteiger partial charge in [-0.1, -0.05) is 0 Å². The first-order valence-corrected chi connectivity index (χ1v) is 6.10. The summed E-state index contributed by atoms with van der Waals surface area (Å²) in [4.78, 5) is 15.4. The Labute approximate surface area is 105 Å². The van der Waals surface area contributed by atoms with Crippen molar-refractivity contribution in [1.29, 1.82) is 0 Å². The average Bonchev–Trinajstić information content (AvgIpc) is 2.41. The number of ether oxygens (including phenoxy) is 1. The molecule has 0 aliphatic carbocycles. The van der Waals surface area contributed by atoms with Crippen LogP contribution in [0.5, 0.6) is 0 Å². The summed E-state index contributed by atoms with van der Waals surface area (Å²) in [5.74, 6) is 0.0706. The number of hydrogen-bond donors (Lipinski definition) is 2. The predicted molar refractivity (Wildman–Crippen MR) is 64.9 cm³/mol. The fraction of sp³-hybridized carbons (Fsp3) is 0.636. The first kappa shape index (κ1) is 12.8. The van der Waals surface area contributed by atoms with Crippen molar-refractivity contribution in [3.8, 4) is 0 Å². The van der Waals surface area contributed by atoms with Gasteiger partial charge in [-0.25, -0.2) is 4.98 Å². The third-order valence-electron chi connectivity index (χ3n) is 2.70. The zero-order valence-electron chi connectivity index (χ0n) is 10.1. The van der Waals surface area contributed by atoms with Crippen molar-refractivity contribution >= 4 is 11.9 Å². The van der Waals surface area contributed by atoms with Crippen molar-refractivity contribution in [2.75, 3.05) is 25.0 Å². The summed E-state index contributed by atoms with van der Waals surface area (Å²) in [6, 6.07) is 0. The lowest BCUT2D eigenvalue weighted by Crippen LogP contribution is -2.33. The molecule has 1 saturated heterocycles. The highest BCUT2D eigenvalue weighted by Crippen LogP contribution is 2.07. The van der Waals surface area contributed by atoms with Crippen LogP contribution in [0.4, 0.5) is 5.95 Å². The number of nitrogens with zero attached hydrogens (tertiary/aromatic N) is 3. The van der Waals surface area contributed by atoms with Crippen LogP contribution in [0.2, 0.25) is 0 Å². The number of hydrogen-bond acceptors (Lipinski definition) is 6. The molecule has 0 bridgehead atoms. The van der Waals surface area contributed by atoms with E-state index in [2.05, 4.69) is 25.8 Å². The zero-order chi connectivity index (χ0) is 12.6. The Morgan fingerprint density at radius 1 is 1.44 bits per heavy atom. The van der Waals surface area contributed by atoms with Gasteiger partial charge in [0.1, 0.15) is 0 Å². The van der Waals surface area contributed by atoms with Crippen molar-refractivity contribution in [2.45, 2.75) is 25.4 Å². The predicted octanol–water partition coefficient (Wildman–Crippen LogP) is -0.0312. The van der Waals surface area contributed by atoms with E-state index < -0.39 is 0 Å². The third kappa shape index (κ3) is 4.34. The van der Waals surface area contributed by atoms with Gasteiger partial charge in [0.05, 0.1) is 31.5 Å². The van der Waals surface area contributed by atoms with Gasteiger partial charge in [0.15, 0.2) is 0 Å². The van der Waals surface area contributed by atoms with Crippen LogP contribution in [0, 0.1) is 0 Å². The highest BCUT2D eigenvalue weighted by atomic mass is 16.5. The molecule has 18 heavy (non-hydrogen) atoms. The van der Waals surface area contributed by atoms with Crippen LogP contribution in [0.15, 0.2) is 12.4 Å². The lowest BCUT2D eigenvalue weighted by atomic mass is 10.1. The van der Waals surface area contributed by atoms with E-state index in [4.69, 9.17) is 4.74 Å². The summed E-state index contributed by atoms with van der Waals surface area (Å²) in [6.07, 6.45) is 5.53. The van der Waals surface area contributed by atoms with Gasteiger partial charge >= 0.3 is 0 Å². The molecule has 0 saturated carbocycles. The minimum absolute atomic E-state index is 0.156. The van der Waals surface area contributed by atoms with Crippen LogP contribution in [-0.4, -0.2) is 46.9 Å². The van der Waals surface area contributed by atoms with Crippen molar-refractivity contribution in [2.24, 2.45) is 0 Å². The molecule has 2 rings (SSSR count). The average molecular weight is 251 g/mol. The SMILES string of the molecule is O=C(CCOC1CCNCC1)Nc1nccnn1. The first-order chi connectivity index (χ1) is 8.84. The van der Waals surface area contributed by atoms with E-state index in [1.165, 1.54) is 12.4 Å². The Hall–Kier alpha value is -1.60. The highest BCUT2D eigenvalue weighted by molar-refractivity contribution is 5.88. The van der Waals surface area contributed by atoms with Crippen LogP contribution in [0.25, 0.3) is 0 Å². The van der Waals surface area contributed by atoms with Gasteiger partial charge in [-0.15, -0.1) is 5.10 Å². The van der Waals surface area contributed by atoms with E-state index in [9.17, 15) is 4.79 Å². The summed E-state index contributed by atoms with van der Waals surface area (Å²) >= 11 is 0. The first-order valence-electron chi connectivity index (χ1n) is 6.10. The number of piperidine rings is 1. The second-order valence-corrected chi connectivity index (χ2v) is 4.08. The van der Waals surface area contributed by atoms with Crippen LogP contribution < -0.4 is 10.6 Å². The molecule has 0 atom stereocenters. The van der Waals surface area contributed by atoms with Gasteiger partial charge in [0.25, 0.3) is 0 Å². The minimum atomic E-state index is -0.156. The summed E-state index contributed by atoms with van der Waals surface area (Å²) in [5, 5.41) is 13.1. The molecule has 1 amide bonds. The monoisotopic (exact) mass is 251 g/mol. The van der Waals surface area contributed by atoms with Crippen molar-refractivity contribution in [1.82, 2.24) is 20.5 Å². The lowest BCUT2D eigenvalue weighted by molar-refractivity contribution is -0.117. The van der Waals surface area contributed by atoms with Crippen molar-refractivity contribution in [3.05, 3.63) is 12.4 Å². The van der Waals surface area contributed by atoms with Crippen LogP contribution >= 0.6 is 0 Å². The second kappa shape index (κ2) is 6.97. The van der Waals surface area contributed by atoms with Gasteiger partial charge in [-0.3, -0.25) is 10.1 Å². The molecule has 98 valence electrons.